The van der Waals surface area contributed by atoms with Crippen molar-refractivity contribution in [2.75, 3.05) is 0 Å². The lowest BCUT2D eigenvalue weighted by atomic mass is 9.98. The van der Waals surface area contributed by atoms with Crippen LogP contribution in [0.15, 0.2) is 36.8 Å². The quantitative estimate of drug-likeness (QED) is 0.563. The van der Waals surface area contributed by atoms with Gasteiger partial charge in [-0.05, 0) is 31.9 Å². The Morgan fingerprint density at radius 1 is 1.18 bits per heavy atom. The summed E-state index contributed by atoms with van der Waals surface area (Å²) in [5, 5.41) is 4.86. The predicted octanol–water partition coefficient (Wildman–Crippen LogP) is 4.08. The molecule has 1 aliphatic heterocycles. The molecule has 142 valence electrons. The first-order chi connectivity index (χ1) is 15.9. The van der Waals surface area contributed by atoms with Crippen molar-refractivity contribution in [1.82, 2.24) is 24.7 Å². The molecule has 1 N–H and O–H groups in total. The number of ether oxygens (including phenoxy) is 1. The first-order valence-corrected chi connectivity index (χ1v) is 8.40. The number of hydrogen-bond acceptors (Lipinski definition) is 4. The van der Waals surface area contributed by atoms with Crippen LogP contribution >= 0.6 is 0 Å². The van der Waals surface area contributed by atoms with Crippen LogP contribution in [-0.4, -0.2) is 30.3 Å². The molecule has 5 rings (SSSR count). The van der Waals surface area contributed by atoms with Crippen LogP contribution < -0.4 is 0 Å². The van der Waals surface area contributed by atoms with E-state index in [2.05, 4.69) is 20.1 Å². The summed E-state index contributed by atoms with van der Waals surface area (Å²) in [4.78, 5) is 11.0. The zero-order valence-electron chi connectivity index (χ0n) is 20.3. The first-order valence-electron chi connectivity index (χ1n) is 11.4. The van der Waals surface area contributed by atoms with E-state index in [-0.39, 0.29) is 28.2 Å². The van der Waals surface area contributed by atoms with E-state index in [9.17, 15) is 4.39 Å². The lowest BCUT2D eigenvalue weighted by Gasteiger charge is -2.31. The molecule has 6 nitrogen and oxygen atoms in total. The Morgan fingerprint density at radius 2 is 2.07 bits per heavy atom. The number of pyridine rings is 2. The lowest BCUT2D eigenvalue weighted by Crippen LogP contribution is -2.36. The highest BCUT2D eigenvalue weighted by Crippen LogP contribution is 2.41. The Labute approximate surface area is 167 Å². The Hall–Kier alpha value is -3.13. The molecule has 5 heterocycles. The molecule has 28 heavy (non-hydrogen) atoms. The van der Waals surface area contributed by atoms with Gasteiger partial charge in [0.05, 0.1) is 42.5 Å². The van der Waals surface area contributed by atoms with Gasteiger partial charge in [-0.1, -0.05) is 0 Å². The van der Waals surface area contributed by atoms with Crippen molar-refractivity contribution in [3.63, 3.8) is 0 Å². The maximum absolute atomic E-state index is 15.2. The van der Waals surface area contributed by atoms with Crippen LogP contribution in [-0.2, 0) is 17.9 Å². The van der Waals surface area contributed by atoms with Gasteiger partial charge in [-0.3, -0.25) is 9.67 Å². The van der Waals surface area contributed by atoms with E-state index in [0.717, 1.165) is 18.5 Å². The fourth-order valence-electron chi connectivity index (χ4n) is 3.42. The predicted molar refractivity (Wildman–Crippen MR) is 99.3 cm³/mol. The molecule has 4 aromatic heterocycles. The van der Waals surface area contributed by atoms with E-state index < -0.39 is 44.1 Å². The number of nitrogens with zero attached hydrogens (tertiary/aromatic N) is 4. The number of halogens is 2. The third kappa shape index (κ3) is 2.60. The molecule has 0 fully saturated rings. The highest BCUT2D eigenvalue weighted by atomic mass is 19.1. The van der Waals surface area contributed by atoms with Gasteiger partial charge in [0, 0.05) is 30.9 Å². The van der Waals surface area contributed by atoms with Crippen LogP contribution in [0.2, 0.25) is 0 Å². The van der Waals surface area contributed by atoms with Crippen molar-refractivity contribution in [1.29, 1.82) is 0 Å². The van der Waals surface area contributed by atoms with Crippen molar-refractivity contribution in [3.05, 3.63) is 54.1 Å². The molecule has 1 aliphatic rings. The molecule has 0 saturated heterocycles. The van der Waals surface area contributed by atoms with Crippen molar-refractivity contribution in [2.45, 2.75) is 32.5 Å². The minimum absolute atomic E-state index is 0.104. The Balaban J connectivity index is 1.80. The molecule has 0 spiro atoms. The molecular formula is C20H17F2N5O. The molecule has 0 saturated carbocycles. The Morgan fingerprint density at radius 3 is 2.86 bits per heavy atom. The van der Waals surface area contributed by atoms with Gasteiger partial charge >= 0.3 is 0 Å². The molecule has 8 heteroatoms. The number of H-pyrrole nitrogens is 1. The van der Waals surface area contributed by atoms with Crippen molar-refractivity contribution in [2.24, 2.45) is 0 Å². The van der Waals surface area contributed by atoms with E-state index >= 15 is 4.39 Å². The van der Waals surface area contributed by atoms with Gasteiger partial charge in [-0.15, -0.1) is 0 Å². The van der Waals surface area contributed by atoms with E-state index in [0.29, 0.717) is 11.0 Å². The maximum atomic E-state index is 15.2. The fourth-order valence-corrected chi connectivity index (χ4v) is 3.42. The lowest BCUT2D eigenvalue weighted by molar-refractivity contribution is -0.0657. The second-order valence-corrected chi connectivity index (χ2v) is 6.53. The molecule has 4 aromatic rings. The Bertz CT molecular complexity index is 1380. The smallest absolute Gasteiger partial charge is 0.150 e. The number of nitrogens with one attached hydrogen (secondary N) is 1. The third-order valence-corrected chi connectivity index (χ3v) is 4.65. The van der Waals surface area contributed by atoms with Gasteiger partial charge in [0.15, 0.2) is 0 Å². The zero-order chi connectivity index (χ0) is 24.5. The summed E-state index contributed by atoms with van der Waals surface area (Å²) in [6.07, 6.45) is 3.58. The zero-order valence-corrected chi connectivity index (χ0v) is 14.3. The molecule has 0 bridgehead atoms. The van der Waals surface area contributed by atoms with Crippen molar-refractivity contribution < 1.29 is 21.7 Å². The largest absolute Gasteiger partial charge is 0.367 e. The highest BCUT2D eigenvalue weighted by molar-refractivity contribution is 5.98. The maximum Gasteiger partial charge on any atom is 0.150 e. The molecule has 0 aromatic carbocycles. The van der Waals surface area contributed by atoms with Gasteiger partial charge in [-0.2, -0.15) is 5.10 Å². The van der Waals surface area contributed by atoms with Crippen LogP contribution in [0, 0.1) is 11.6 Å². The minimum atomic E-state index is -3.01. The van der Waals surface area contributed by atoms with Crippen LogP contribution in [0.25, 0.3) is 33.5 Å². The molecule has 0 amide bonds. The fraction of sp³-hybridized carbons (Fsp3) is 0.250. The van der Waals surface area contributed by atoms with E-state index in [1.165, 1.54) is 10.7 Å². The second-order valence-electron chi connectivity index (χ2n) is 6.53. The molecular weight excluding hydrogens is 364 g/mol. The van der Waals surface area contributed by atoms with Gasteiger partial charge in [0.1, 0.15) is 23.0 Å². The monoisotopic (exact) mass is 387 g/mol. The minimum Gasteiger partial charge on any atom is -0.367 e. The summed E-state index contributed by atoms with van der Waals surface area (Å²) < 4.78 is 82.8. The standard InChI is InChI=1S/C20H17F2N5O/c1-20(2)10-27-15(9-28-20)17(18(26-27)14-4-3-11(21)7-24-14)16-12-5-6-23-19(12)25-8-13(16)22/h3-8H,9-10H2,1-2H3,(H,23,25)/i1D3,2D3. The Kier molecular flexibility index (Phi) is 2.47. The summed E-state index contributed by atoms with van der Waals surface area (Å²) in [7, 11) is 0. The van der Waals surface area contributed by atoms with Gasteiger partial charge in [-0.25, -0.2) is 13.8 Å². The summed E-state index contributed by atoms with van der Waals surface area (Å²) in [6.45, 7) is -7.11. The number of aromatic nitrogens is 5. The number of fused-ring (bicyclic) bond motifs is 2. The summed E-state index contributed by atoms with van der Waals surface area (Å²) in [5.41, 5.74) is -1.22. The van der Waals surface area contributed by atoms with Crippen molar-refractivity contribution in [3.8, 4) is 22.5 Å². The van der Waals surface area contributed by atoms with Crippen LogP contribution in [0.4, 0.5) is 8.78 Å². The van der Waals surface area contributed by atoms with Crippen LogP contribution in [0.3, 0.4) is 0 Å². The second kappa shape index (κ2) is 5.93. The van der Waals surface area contributed by atoms with Crippen LogP contribution in [0.5, 0.6) is 0 Å². The van der Waals surface area contributed by atoms with E-state index in [1.54, 1.807) is 12.3 Å². The molecule has 0 aliphatic carbocycles. The number of aromatic amines is 1. The number of rotatable bonds is 2. The van der Waals surface area contributed by atoms with Gasteiger partial charge in [0.25, 0.3) is 0 Å². The molecule has 0 atom stereocenters. The molecule has 0 unspecified atom stereocenters. The first kappa shape index (κ1) is 11.7. The van der Waals surface area contributed by atoms with E-state index in [4.69, 9.17) is 13.0 Å². The summed E-state index contributed by atoms with van der Waals surface area (Å²) in [6, 6.07) is 4.12. The highest BCUT2D eigenvalue weighted by Gasteiger charge is 2.33. The van der Waals surface area contributed by atoms with Crippen molar-refractivity contribution >= 4 is 11.0 Å². The van der Waals surface area contributed by atoms with E-state index in [1.807, 2.05) is 0 Å². The van der Waals surface area contributed by atoms with Gasteiger partial charge in [0.2, 0.25) is 0 Å². The number of hydrogen-bond donors (Lipinski definition) is 1. The average molecular weight is 387 g/mol. The van der Waals surface area contributed by atoms with Gasteiger partial charge < -0.3 is 9.72 Å². The average Bonchev–Trinajstić information content (AvgIpc) is 3.37. The molecule has 0 radical (unpaired) electrons. The topological polar surface area (TPSA) is 68.6 Å². The third-order valence-electron chi connectivity index (χ3n) is 4.65. The summed E-state index contributed by atoms with van der Waals surface area (Å²) >= 11 is 0. The SMILES string of the molecule is [2H]C([2H])([2H])C1(C([2H])([2H])[2H])Cn2nc(-c3ccc(F)cn3)c(-c3c(F)cnc4[nH]ccc34)c2CO1. The summed E-state index contributed by atoms with van der Waals surface area (Å²) in [5.74, 6) is -1.28. The normalized spacial score (nSPS) is 19.8. The van der Waals surface area contributed by atoms with Crippen LogP contribution in [0.1, 0.15) is 27.6 Å².